The van der Waals surface area contributed by atoms with Crippen LogP contribution in [0, 0.1) is 13.8 Å². The van der Waals surface area contributed by atoms with Gasteiger partial charge in [0.05, 0.1) is 0 Å². The highest BCUT2D eigenvalue weighted by Gasteiger charge is 2.10. The molecule has 0 spiro atoms. The first-order valence-electron chi connectivity index (χ1n) is 7.03. The van der Waals surface area contributed by atoms with Gasteiger partial charge in [0.25, 0.3) is 0 Å². The van der Waals surface area contributed by atoms with Gasteiger partial charge in [0.2, 0.25) is 0 Å². The molecule has 0 atom stereocenters. The number of piperidine rings is 1. The van der Waals surface area contributed by atoms with Crippen molar-refractivity contribution >= 4 is 0 Å². The summed E-state index contributed by atoms with van der Waals surface area (Å²) in [6, 6.07) is 6.89. The van der Waals surface area contributed by atoms with Gasteiger partial charge in [-0.15, -0.1) is 0 Å². The third-order valence-electron chi connectivity index (χ3n) is 3.14. The summed E-state index contributed by atoms with van der Waals surface area (Å²) in [5, 5.41) is 0. The van der Waals surface area contributed by atoms with Gasteiger partial charge < -0.3 is 0 Å². The highest BCUT2D eigenvalue weighted by atomic mass is 15.1. The lowest BCUT2D eigenvalue weighted by Crippen LogP contribution is -2.29. The van der Waals surface area contributed by atoms with Crippen LogP contribution < -0.4 is 0 Å². The number of aryl methyl sites for hydroxylation is 2. The number of rotatable bonds is 2. The van der Waals surface area contributed by atoms with Gasteiger partial charge in [-0.1, -0.05) is 49.6 Å². The Kier molecular flexibility index (Phi) is 6.28. The monoisotopic (exact) mass is 233 g/mol. The molecule has 1 aromatic rings. The van der Waals surface area contributed by atoms with Crippen molar-refractivity contribution in [1.82, 2.24) is 4.90 Å². The van der Waals surface area contributed by atoms with Crippen LogP contribution in [0.5, 0.6) is 0 Å². The Morgan fingerprint density at radius 1 is 0.882 bits per heavy atom. The zero-order valence-electron chi connectivity index (χ0n) is 11.9. The molecule has 1 nitrogen and oxygen atoms in total. The molecule has 0 unspecified atom stereocenters. The van der Waals surface area contributed by atoms with Crippen molar-refractivity contribution in [3.63, 3.8) is 0 Å². The first-order chi connectivity index (χ1) is 8.24. The van der Waals surface area contributed by atoms with E-state index in [0.717, 1.165) is 6.54 Å². The van der Waals surface area contributed by atoms with Crippen molar-refractivity contribution in [2.45, 2.75) is 53.5 Å². The van der Waals surface area contributed by atoms with Crippen LogP contribution in [0.1, 0.15) is 49.8 Å². The first-order valence-corrected chi connectivity index (χ1v) is 7.03. The molecule has 1 saturated heterocycles. The summed E-state index contributed by atoms with van der Waals surface area (Å²) in [6.45, 7) is 12.1. The summed E-state index contributed by atoms with van der Waals surface area (Å²) in [7, 11) is 0. The van der Waals surface area contributed by atoms with Crippen molar-refractivity contribution in [2.75, 3.05) is 13.1 Å². The van der Waals surface area contributed by atoms with Crippen LogP contribution in [0.4, 0.5) is 0 Å². The van der Waals surface area contributed by atoms with Crippen LogP contribution in [-0.4, -0.2) is 18.0 Å². The van der Waals surface area contributed by atoms with Gasteiger partial charge in [-0.25, -0.2) is 0 Å². The summed E-state index contributed by atoms with van der Waals surface area (Å²) >= 11 is 0. The molecule has 1 aliphatic rings. The maximum atomic E-state index is 2.58. The van der Waals surface area contributed by atoms with E-state index in [9.17, 15) is 0 Å². The first kappa shape index (κ1) is 14.2. The van der Waals surface area contributed by atoms with E-state index in [1.807, 2.05) is 13.8 Å². The fourth-order valence-corrected chi connectivity index (χ4v) is 2.54. The fourth-order valence-electron chi connectivity index (χ4n) is 2.54. The second-order valence-electron chi connectivity index (χ2n) is 4.83. The van der Waals surface area contributed by atoms with E-state index >= 15 is 0 Å². The molecule has 1 aromatic carbocycles. The molecule has 1 fully saturated rings. The topological polar surface area (TPSA) is 3.24 Å². The van der Waals surface area contributed by atoms with Gasteiger partial charge in [0.15, 0.2) is 0 Å². The quantitative estimate of drug-likeness (QED) is 0.735. The smallest absolute Gasteiger partial charge is 0.0233 e. The number of nitrogens with zero attached hydrogens (tertiary/aromatic N) is 1. The maximum Gasteiger partial charge on any atom is 0.0233 e. The molecule has 0 aromatic heterocycles. The van der Waals surface area contributed by atoms with E-state index in [1.54, 1.807) is 0 Å². The summed E-state index contributed by atoms with van der Waals surface area (Å²) in [5.74, 6) is 0. The van der Waals surface area contributed by atoms with E-state index in [4.69, 9.17) is 0 Å². The lowest BCUT2D eigenvalue weighted by molar-refractivity contribution is 0.221. The van der Waals surface area contributed by atoms with Crippen LogP contribution in [0.2, 0.25) is 0 Å². The van der Waals surface area contributed by atoms with Gasteiger partial charge >= 0.3 is 0 Å². The van der Waals surface area contributed by atoms with E-state index in [1.165, 1.54) is 49.0 Å². The third-order valence-corrected chi connectivity index (χ3v) is 3.14. The highest BCUT2D eigenvalue weighted by Crippen LogP contribution is 2.15. The molecule has 0 aliphatic carbocycles. The summed E-state index contributed by atoms with van der Waals surface area (Å²) in [5.41, 5.74) is 4.26. The number of hydrogen-bond acceptors (Lipinski definition) is 1. The standard InChI is InChI=1S/C14H21N.C2H6/c1-12-8-13(2)10-14(9-12)11-15-6-4-3-5-7-15;1-2/h8-10H,3-7,11H2,1-2H3;1-2H3. The summed E-state index contributed by atoms with van der Waals surface area (Å²) in [6.07, 6.45) is 4.18. The Balaban J connectivity index is 0.000000686. The fraction of sp³-hybridized carbons (Fsp3) is 0.625. The molecular formula is C16H27N. The zero-order chi connectivity index (χ0) is 12.7. The predicted molar refractivity (Wildman–Crippen MR) is 76.4 cm³/mol. The van der Waals surface area contributed by atoms with Crippen LogP contribution in [-0.2, 0) is 6.54 Å². The van der Waals surface area contributed by atoms with Crippen molar-refractivity contribution in [2.24, 2.45) is 0 Å². The van der Waals surface area contributed by atoms with Gasteiger partial charge in [-0.2, -0.15) is 0 Å². The summed E-state index contributed by atoms with van der Waals surface area (Å²) < 4.78 is 0. The average Bonchev–Trinajstić information content (AvgIpc) is 2.31. The molecule has 1 heteroatoms. The van der Waals surface area contributed by atoms with Crippen molar-refractivity contribution < 1.29 is 0 Å². The molecule has 0 radical (unpaired) electrons. The molecule has 1 heterocycles. The van der Waals surface area contributed by atoms with E-state index < -0.39 is 0 Å². The molecule has 0 saturated carbocycles. The number of hydrogen-bond donors (Lipinski definition) is 0. The highest BCUT2D eigenvalue weighted by molar-refractivity contribution is 5.28. The predicted octanol–water partition coefficient (Wildman–Crippen LogP) is 4.32. The molecule has 17 heavy (non-hydrogen) atoms. The van der Waals surface area contributed by atoms with Gasteiger partial charge in [0, 0.05) is 6.54 Å². The van der Waals surface area contributed by atoms with Crippen LogP contribution in [0.15, 0.2) is 18.2 Å². The largest absolute Gasteiger partial charge is 0.299 e. The van der Waals surface area contributed by atoms with Crippen molar-refractivity contribution in [3.05, 3.63) is 34.9 Å². The Hall–Kier alpha value is -0.820. The zero-order valence-corrected chi connectivity index (χ0v) is 11.9. The lowest BCUT2D eigenvalue weighted by atomic mass is 10.1. The minimum atomic E-state index is 1.14. The maximum absolute atomic E-state index is 2.58. The molecule has 1 aliphatic heterocycles. The molecule has 96 valence electrons. The van der Waals surface area contributed by atoms with E-state index in [0.29, 0.717) is 0 Å². The second kappa shape index (κ2) is 7.50. The lowest BCUT2D eigenvalue weighted by Gasteiger charge is -2.26. The van der Waals surface area contributed by atoms with Gasteiger partial charge in [-0.05, 0) is 45.3 Å². The van der Waals surface area contributed by atoms with Crippen LogP contribution in [0.3, 0.4) is 0 Å². The summed E-state index contributed by atoms with van der Waals surface area (Å²) in [4.78, 5) is 2.58. The minimum absolute atomic E-state index is 1.14. The second-order valence-corrected chi connectivity index (χ2v) is 4.83. The normalized spacial score (nSPS) is 16.2. The minimum Gasteiger partial charge on any atom is -0.299 e. The number of benzene rings is 1. The molecule has 0 bridgehead atoms. The van der Waals surface area contributed by atoms with Crippen LogP contribution in [0.25, 0.3) is 0 Å². The molecular weight excluding hydrogens is 206 g/mol. The van der Waals surface area contributed by atoms with Gasteiger partial charge in [-0.3, -0.25) is 4.90 Å². The Labute approximate surface area is 107 Å². The van der Waals surface area contributed by atoms with Crippen molar-refractivity contribution in [1.29, 1.82) is 0 Å². The molecule has 0 N–H and O–H groups in total. The molecule has 2 rings (SSSR count). The average molecular weight is 233 g/mol. The third kappa shape index (κ3) is 4.91. The Morgan fingerprint density at radius 2 is 1.41 bits per heavy atom. The van der Waals surface area contributed by atoms with Crippen molar-refractivity contribution in [3.8, 4) is 0 Å². The Bertz CT molecular complexity index is 304. The number of likely N-dealkylation sites (tertiary alicyclic amines) is 1. The van der Waals surface area contributed by atoms with E-state index in [-0.39, 0.29) is 0 Å². The molecule has 0 amide bonds. The SMILES string of the molecule is CC.Cc1cc(C)cc(CN2CCCCC2)c1. The Morgan fingerprint density at radius 3 is 1.94 bits per heavy atom. The van der Waals surface area contributed by atoms with Crippen LogP contribution >= 0.6 is 0 Å². The van der Waals surface area contributed by atoms with Gasteiger partial charge in [0.1, 0.15) is 0 Å². The van der Waals surface area contributed by atoms with E-state index in [2.05, 4.69) is 36.9 Å².